The van der Waals surface area contributed by atoms with Crippen LogP contribution < -0.4 is 10.9 Å². The van der Waals surface area contributed by atoms with Crippen LogP contribution in [-0.2, 0) is 0 Å². The van der Waals surface area contributed by atoms with E-state index < -0.39 is 5.82 Å². The van der Waals surface area contributed by atoms with Gasteiger partial charge in [-0.25, -0.2) is 14.4 Å². The van der Waals surface area contributed by atoms with Gasteiger partial charge >= 0.3 is 0 Å². The molecule has 1 aliphatic heterocycles. The molecule has 1 fully saturated rings. The first-order valence-corrected chi connectivity index (χ1v) is 9.76. The van der Waals surface area contributed by atoms with E-state index >= 15 is 0 Å². The Kier molecular flexibility index (Phi) is 5.29. The monoisotopic (exact) mass is 428 g/mol. The lowest BCUT2D eigenvalue weighted by molar-refractivity contribution is 0.451. The van der Waals surface area contributed by atoms with Crippen LogP contribution in [0.4, 0.5) is 4.39 Å². The summed E-state index contributed by atoms with van der Waals surface area (Å²) in [6.45, 7) is 5.58. The number of aryl methyl sites for hydroxylation is 2. The zero-order valence-electron chi connectivity index (χ0n) is 16.7. The first kappa shape index (κ1) is 20.4. The van der Waals surface area contributed by atoms with Crippen LogP contribution in [0, 0.1) is 19.7 Å². The van der Waals surface area contributed by atoms with E-state index in [1.54, 1.807) is 27.4 Å². The van der Waals surface area contributed by atoms with Crippen molar-refractivity contribution in [3.63, 3.8) is 0 Å². The molecule has 30 heavy (non-hydrogen) atoms. The second kappa shape index (κ2) is 7.77. The molecule has 5 rings (SSSR count). The van der Waals surface area contributed by atoms with E-state index in [-0.39, 0.29) is 23.6 Å². The van der Waals surface area contributed by atoms with E-state index in [1.165, 1.54) is 12.1 Å². The Hall–Kier alpha value is -2.84. The number of halogens is 2. The smallest absolute Gasteiger partial charge is 0.258 e. The molecule has 0 aliphatic carbocycles. The Labute approximate surface area is 178 Å². The zero-order valence-corrected chi connectivity index (χ0v) is 17.5. The fraction of sp³-hybridized carbons (Fsp3) is 0.333. The summed E-state index contributed by atoms with van der Waals surface area (Å²) in [5.74, 6) is -0.111. The first-order chi connectivity index (χ1) is 14.0. The van der Waals surface area contributed by atoms with E-state index in [0.717, 1.165) is 37.3 Å². The van der Waals surface area contributed by atoms with E-state index in [1.807, 2.05) is 13.8 Å². The van der Waals surface area contributed by atoms with Crippen molar-refractivity contribution in [2.45, 2.75) is 32.6 Å². The predicted molar refractivity (Wildman–Crippen MR) is 115 cm³/mol. The fourth-order valence-electron chi connectivity index (χ4n) is 4.06. The van der Waals surface area contributed by atoms with Crippen LogP contribution in [0.2, 0.25) is 0 Å². The molecule has 1 saturated heterocycles. The zero-order chi connectivity index (χ0) is 20.1. The molecule has 0 radical (unpaired) electrons. The molecular formula is C21H22ClFN6O. The molecule has 5 heterocycles. The number of fused-ring (bicyclic) bond motifs is 2. The molecule has 156 valence electrons. The van der Waals surface area contributed by atoms with E-state index in [4.69, 9.17) is 4.98 Å². The van der Waals surface area contributed by atoms with E-state index in [9.17, 15) is 9.18 Å². The van der Waals surface area contributed by atoms with E-state index in [0.29, 0.717) is 28.5 Å². The number of nitrogens with one attached hydrogen (secondary N) is 1. The average molecular weight is 429 g/mol. The van der Waals surface area contributed by atoms with Crippen LogP contribution in [0.3, 0.4) is 0 Å². The molecule has 0 amide bonds. The minimum absolute atomic E-state index is 0. The molecule has 0 spiro atoms. The quantitative estimate of drug-likeness (QED) is 0.531. The minimum Gasteiger partial charge on any atom is -0.317 e. The number of hydrogen-bond donors (Lipinski definition) is 1. The largest absolute Gasteiger partial charge is 0.317 e. The molecule has 0 bridgehead atoms. The van der Waals surface area contributed by atoms with Crippen LogP contribution in [-0.4, -0.2) is 36.8 Å². The number of aromatic nitrogens is 5. The summed E-state index contributed by atoms with van der Waals surface area (Å²) >= 11 is 0. The predicted octanol–water partition coefficient (Wildman–Crippen LogP) is 3.05. The van der Waals surface area contributed by atoms with Gasteiger partial charge in [-0.1, -0.05) is 0 Å². The van der Waals surface area contributed by atoms with Gasteiger partial charge in [0, 0.05) is 36.1 Å². The van der Waals surface area contributed by atoms with Gasteiger partial charge in [-0.15, -0.1) is 12.4 Å². The second-order valence-corrected chi connectivity index (χ2v) is 7.64. The third-order valence-electron chi connectivity index (χ3n) is 5.51. The van der Waals surface area contributed by atoms with E-state index in [2.05, 4.69) is 15.3 Å². The lowest BCUT2D eigenvalue weighted by Gasteiger charge is -2.22. The van der Waals surface area contributed by atoms with Crippen molar-refractivity contribution < 1.29 is 4.39 Å². The molecule has 7 nitrogen and oxygen atoms in total. The average Bonchev–Trinajstić information content (AvgIpc) is 3.10. The molecule has 4 aromatic rings. The van der Waals surface area contributed by atoms with Crippen molar-refractivity contribution in [1.82, 2.24) is 29.1 Å². The second-order valence-electron chi connectivity index (χ2n) is 7.64. The highest BCUT2D eigenvalue weighted by molar-refractivity contribution is 5.85. The maximum atomic E-state index is 14.5. The molecule has 0 saturated carbocycles. The molecule has 0 atom stereocenters. The summed E-state index contributed by atoms with van der Waals surface area (Å²) in [5.41, 5.74) is 3.83. The summed E-state index contributed by atoms with van der Waals surface area (Å²) in [4.78, 5) is 26.4. The number of hydrogen-bond acceptors (Lipinski definition) is 5. The number of pyridine rings is 1. The van der Waals surface area contributed by atoms with Crippen molar-refractivity contribution in [2.24, 2.45) is 0 Å². The maximum absolute atomic E-state index is 14.5. The molecular weight excluding hydrogens is 407 g/mol. The Balaban J connectivity index is 0.00000218. The number of rotatable bonds is 2. The Morgan fingerprint density at radius 1 is 1.03 bits per heavy atom. The Morgan fingerprint density at radius 2 is 1.80 bits per heavy atom. The maximum Gasteiger partial charge on any atom is 0.258 e. The highest BCUT2D eigenvalue weighted by Crippen LogP contribution is 2.25. The van der Waals surface area contributed by atoms with Crippen LogP contribution in [0.1, 0.15) is 35.8 Å². The Bertz CT molecular complexity index is 1310. The van der Waals surface area contributed by atoms with Crippen LogP contribution in [0.15, 0.2) is 35.5 Å². The number of nitrogens with zero attached hydrogens (tertiary/aromatic N) is 5. The number of piperidine rings is 1. The molecule has 0 unspecified atom stereocenters. The normalized spacial score (nSPS) is 14.9. The third-order valence-corrected chi connectivity index (χ3v) is 5.51. The van der Waals surface area contributed by atoms with Gasteiger partial charge in [0.1, 0.15) is 0 Å². The van der Waals surface area contributed by atoms with Crippen molar-refractivity contribution in [3.05, 3.63) is 64.0 Å². The molecule has 1 aliphatic rings. The summed E-state index contributed by atoms with van der Waals surface area (Å²) < 4.78 is 17.7. The minimum atomic E-state index is -0.450. The third kappa shape index (κ3) is 3.46. The van der Waals surface area contributed by atoms with Crippen LogP contribution >= 0.6 is 12.4 Å². The summed E-state index contributed by atoms with van der Waals surface area (Å²) in [5, 5.41) is 3.35. The van der Waals surface area contributed by atoms with Crippen LogP contribution in [0.25, 0.3) is 22.6 Å². The van der Waals surface area contributed by atoms with Gasteiger partial charge in [0.15, 0.2) is 17.1 Å². The fourth-order valence-corrected chi connectivity index (χ4v) is 4.06. The van der Waals surface area contributed by atoms with Gasteiger partial charge in [-0.2, -0.15) is 0 Å². The van der Waals surface area contributed by atoms with Crippen molar-refractivity contribution in [3.8, 4) is 11.3 Å². The Morgan fingerprint density at radius 3 is 2.57 bits per heavy atom. The van der Waals surface area contributed by atoms with Gasteiger partial charge in [-0.3, -0.25) is 14.2 Å². The molecule has 0 aromatic carbocycles. The van der Waals surface area contributed by atoms with Crippen LogP contribution in [0.5, 0.6) is 0 Å². The topological polar surface area (TPSA) is 76.6 Å². The van der Waals surface area contributed by atoms with Crippen molar-refractivity contribution in [1.29, 1.82) is 0 Å². The summed E-state index contributed by atoms with van der Waals surface area (Å²) in [6.07, 6.45) is 7.29. The highest BCUT2D eigenvalue weighted by Gasteiger charge is 2.19. The van der Waals surface area contributed by atoms with Gasteiger partial charge in [-0.05, 0) is 45.8 Å². The van der Waals surface area contributed by atoms with Gasteiger partial charge in [0.25, 0.3) is 5.56 Å². The van der Waals surface area contributed by atoms with Gasteiger partial charge in [0.05, 0.1) is 22.8 Å². The summed E-state index contributed by atoms with van der Waals surface area (Å²) in [6, 6.07) is 2.81. The lowest BCUT2D eigenvalue weighted by atomic mass is 9.95. The highest BCUT2D eigenvalue weighted by atomic mass is 35.5. The first-order valence-electron chi connectivity index (χ1n) is 9.76. The standard InChI is InChI=1S/C21H21FN6O.ClH/c1-12-9-27-10-15(7-16(22)21(27)24-12)17-8-19(29)28-11-18(14-3-5-23-6-4-14)25-13(2)20(28)26-17;/h7-11,14,23H,3-6H2,1-2H3;1H. The molecule has 4 aromatic heterocycles. The lowest BCUT2D eigenvalue weighted by Crippen LogP contribution is -2.28. The van der Waals surface area contributed by atoms with Crippen molar-refractivity contribution in [2.75, 3.05) is 13.1 Å². The molecule has 1 N–H and O–H groups in total. The van der Waals surface area contributed by atoms with Crippen molar-refractivity contribution >= 4 is 23.7 Å². The van der Waals surface area contributed by atoms with Gasteiger partial charge in [0.2, 0.25) is 0 Å². The molecule has 9 heteroatoms. The SMILES string of the molecule is Cc1cn2cc(-c3cc(=O)n4cc(C5CCNCC5)nc(C)c4n3)cc(F)c2n1.Cl. The van der Waals surface area contributed by atoms with Gasteiger partial charge < -0.3 is 9.72 Å². The number of imidazole rings is 1. The summed E-state index contributed by atoms with van der Waals surface area (Å²) in [7, 11) is 0.